The summed E-state index contributed by atoms with van der Waals surface area (Å²) in [4.78, 5) is 6.38. The van der Waals surface area contributed by atoms with Gasteiger partial charge >= 0.3 is 0 Å². The zero-order valence-electron chi connectivity index (χ0n) is 11.6. The van der Waals surface area contributed by atoms with Gasteiger partial charge in [0.05, 0.1) is 22.6 Å². The van der Waals surface area contributed by atoms with E-state index in [0.717, 1.165) is 11.3 Å². The molecule has 2 aromatic carbocycles. The molecule has 5 heteroatoms. The van der Waals surface area contributed by atoms with Crippen LogP contribution in [0.2, 0.25) is 10.0 Å². The minimum atomic E-state index is -0.0296. The molecule has 1 atom stereocenters. The van der Waals surface area contributed by atoms with E-state index in [1.54, 1.807) is 6.07 Å². The van der Waals surface area contributed by atoms with Crippen molar-refractivity contribution in [3.8, 4) is 0 Å². The summed E-state index contributed by atoms with van der Waals surface area (Å²) in [6.07, 6.45) is 0. The van der Waals surface area contributed by atoms with E-state index >= 15 is 0 Å². The number of halogens is 2. The van der Waals surface area contributed by atoms with Crippen molar-refractivity contribution in [2.75, 3.05) is 11.4 Å². The average Bonchev–Trinajstić information content (AvgIpc) is 2.83. The van der Waals surface area contributed by atoms with Crippen molar-refractivity contribution >= 4 is 34.8 Å². The minimum Gasteiger partial charge on any atom is -0.369 e. The number of aryl methyl sites for hydroxylation is 1. The van der Waals surface area contributed by atoms with Crippen molar-refractivity contribution < 1.29 is 0 Å². The number of hydrogen-bond acceptors (Lipinski definition) is 3. The standard InChI is InChI=1S/C16H15Cl2N3/c1-10-4-2-5-11(8-10)21-14(9-20-16(21)19)12-6-3-7-13(17)15(12)18/h2-8,14H,9H2,1H3,(H2,19,20). The summed E-state index contributed by atoms with van der Waals surface area (Å²) in [6.45, 7) is 2.62. The summed E-state index contributed by atoms with van der Waals surface area (Å²) in [7, 11) is 0. The van der Waals surface area contributed by atoms with Crippen LogP contribution in [0.4, 0.5) is 5.69 Å². The van der Waals surface area contributed by atoms with Crippen LogP contribution in [0.25, 0.3) is 0 Å². The first kappa shape index (κ1) is 14.2. The molecule has 3 rings (SSSR count). The van der Waals surface area contributed by atoms with Crippen LogP contribution < -0.4 is 10.6 Å². The second-order valence-corrected chi connectivity index (χ2v) is 5.85. The first-order valence-corrected chi connectivity index (χ1v) is 7.43. The molecule has 0 fully saturated rings. The number of hydrogen-bond donors (Lipinski definition) is 1. The fourth-order valence-corrected chi connectivity index (χ4v) is 3.04. The molecular formula is C16H15Cl2N3. The van der Waals surface area contributed by atoms with Gasteiger partial charge in [-0.05, 0) is 36.2 Å². The van der Waals surface area contributed by atoms with Crippen molar-refractivity contribution in [2.45, 2.75) is 13.0 Å². The number of guanidine groups is 1. The quantitative estimate of drug-likeness (QED) is 0.902. The van der Waals surface area contributed by atoms with Gasteiger partial charge in [0.2, 0.25) is 0 Å². The number of nitrogens with two attached hydrogens (primary N) is 1. The van der Waals surface area contributed by atoms with Crippen LogP contribution in [0, 0.1) is 6.92 Å². The molecule has 0 spiro atoms. The van der Waals surface area contributed by atoms with E-state index in [1.807, 2.05) is 42.2 Å². The van der Waals surface area contributed by atoms with Crippen molar-refractivity contribution in [2.24, 2.45) is 10.7 Å². The zero-order chi connectivity index (χ0) is 15.0. The molecule has 0 aromatic heterocycles. The summed E-state index contributed by atoms with van der Waals surface area (Å²) in [5.74, 6) is 0.502. The second kappa shape index (κ2) is 5.58. The predicted molar refractivity (Wildman–Crippen MR) is 89.4 cm³/mol. The molecule has 0 saturated carbocycles. The maximum atomic E-state index is 6.35. The molecule has 0 saturated heterocycles. The molecule has 1 aliphatic heterocycles. The van der Waals surface area contributed by atoms with E-state index in [-0.39, 0.29) is 6.04 Å². The normalized spacial score (nSPS) is 18.0. The van der Waals surface area contributed by atoms with Crippen molar-refractivity contribution in [1.82, 2.24) is 0 Å². The Kier molecular flexibility index (Phi) is 3.79. The molecule has 3 nitrogen and oxygen atoms in total. The summed E-state index contributed by atoms with van der Waals surface area (Å²) >= 11 is 12.5. The first-order valence-electron chi connectivity index (χ1n) is 6.67. The van der Waals surface area contributed by atoms with Gasteiger partial charge in [-0.3, -0.25) is 4.99 Å². The third kappa shape index (κ3) is 2.59. The predicted octanol–water partition coefficient (Wildman–Crippen LogP) is 4.18. The molecule has 108 valence electrons. The number of nitrogens with zero attached hydrogens (tertiary/aromatic N) is 2. The van der Waals surface area contributed by atoms with E-state index < -0.39 is 0 Å². The van der Waals surface area contributed by atoms with Gasteiger partial charge in [0.25, 0.3) is 0 Å². The van der Waals surface area contributed by atoms with Crippen LogP contribution in [0.15, 0.2) is 47.5 Å². The lowest BCUT2D eigenvalue weighted by molar-refractivity contribution is 0.769. The molecule has 2 aromatic rings. The van der Waals surface area contributed by atoms with Gasteiger partial charge < -0.3 is 10.6 Å². The van der Waals surface area contributed by atoms with Crippen LogP contribution in [0.5, 0.6) is 0 Å². The van der Waals surface area contributed by atoms with E-state index in [0.29, 0.717) is 22.5 Å². The Morgan fingerprint density at radius 2 is 1.95 bits per heavy atom. The SMILES string of the molecule is Cc1cccc(N2C(N)=NCC2c2cccc(Cl)c2Cl)c1. The Bertz CT molecular complexity index is 712. The van der Waals surface area contributed by atoms with E-state index in [1.165, 1.54) is 5.56 Å². The Hall–Kier alpha value is -1.71. The van der Waals surface area contributed by atoms with Gasteiger partial charge in [-0.1, -0.05) is 47.5 Å². The summed E-state index contributed by atoms with van der Waals surface area (Å²) in [5.41, 5.74) is 9.20. The molecule has 21 heavy (non-hydrogen) atoms. The van der Waals surface area contributed by atoms with E-state index in [2.05, 4.69) is 11.1 Å². The van der Waals surface area contributed by atoms with Gasteiger partial charge in [-0.15, -0.1) is 0 Å². The highest BCUT2D eigenvalue weighted by Gasteiger charge is 2.30. The molecule has 1 aliphatic rings. The lowest BCUT2D eigenvalue weighted by atomic mass is 10.0. The molecule has 0 bridgehead atoms. The third-order valence-electron chi connectivity index (χ3n) is 3.61. The number of aliphatic imine (C=N–C) groups is 1. The van der Waals surface area contributed by atoms with Crippen LogP contribution in [0.3, 0.4) is 0 Å². The van der Waals surface area contributed by atoms with Gasteiger partial charge in [0, 0.05) is 5.69 Å². The van der Waals surface area contributed by atoms with Crippen LogP contribution in [-0.2, 0) is 0 Å². The average molecular weight is 320 g/mol. The van der Waals surface area contributed by atoms with Gasteiger partial charge in [-0.2, -0.15) is 0 Å². The van der Waals surface area contributed by atoms with E-state index in [9.17, 15) is 0 Å². The van der Waals surface area contributed by atoms with Crippen molar-refractivity contribution in [1.29, 1.82) is 0 Å². The second-order valence-electron chi connectivity index (χ2n) is 5.07. The molecule has 0 radical (unpaired) electrons. The Labute approximate surface area is 134 Å². The highest BCUT2D eigenvalue weighted by atomic mass is 35.5. The fraction of sp³-hybridized carbons (Fsp3) is 0.188. The first-order chi connectivity index (χ1) is 10.1. The van der Waals surface area contributed by atoms with E-state index in [4.69, 9.17) is 28.9 Å². The molecule has 1 unspecified atom stereocenters. The molecule has 0 amide bonds. The maximum Gasteiger partial charge on any atom is 0.196 e. The highest BCUT2D eigenvalue weighted by molar-refractivity contribution is 6.42. The molecule has 2 N–H and O–H groups in total. The summed E-state index contributed by atoms with van der Waals surface area (Å²) < 4.78 is 0. The Morgan fingerprint density at radius 1 is 1.19 bits per heavy atom. The molecular weight excluding hydrogens is 305 g/mol. The van der Waals surface area contributed by atoms with Crippen molar-refractivity contribution in [3.63, 3.8) is 0 Å². The lowest BCUT2D eigenvalue weighted by Crippen LogP contribution is -2.36. The monoisotopic (exact) mass is 319 g/mol. The van der Waals surface area contributed by atoms with Crippen molar-refractivity contribution in [3.05, 3.63) is 63.6 Å². The fourth-order valence-electron chi connectivity index (χ4n) is 2.60. The smallest absolute Gasteiger partial charge is 0.196 e. The summed E-state index contributed by atoms with van der Waals surface area (Å²) in [6, 6.07) is 13.8. The van der Waals surface area contributed by atoms with Gasteiger partial charge in [-0.25, -0.2) is 0 Å². The van der Waals surface area contributed by atoms with Gasteiger partial charge in [0.15, 0.2) is 5.96 Å². The third-order valence-corrected chi connectivity index (χ3v) is 4.44. The van der Waals surface area contributed by atoms with Crippen LogP contribution in [0.1, 0.15) is 17.2 Å². The number of rotatable bonds is 2. The highest BCUT2D eigenvalue weighted by Crippen LogP contribution is 2.37. The van der Waals surface area contributed by atoms with Gasteiger partial charge in [0.1, 0.15) is 0 Å². The van der Waals surface area contributed by atoms with Crippen LogP contribution >= 0.6 is 23.2 Å². The zero-order valence-corrected chi connectivity index (χ0v) is 13.1. The minimum absolute atomic E-state index is 0.0296. The molecule has 0 aliphatic carbocycles. The maximum absolute atomic E-state index is 6.35. The Morgan fingerprint density at radius 3 is 2.71 bits per heavy atom. The Balaban J connectivity index is 2.05. The number of anilines is 1. The summed E-state index contributed by atoms with van der Waals surface area (Å²) in [5, 5.41) is 1.11. The van der Waals surface area contributed by atoms with Crippen LogP contribution in [-0.4, -0.2) is 12.5 Å². The molecule has 1 heterocycles. The number of benzene rings is 2. The largest absolute Gasteiger partial charge is 0.369 e. The topological polar surface area (TPSA) is 41.6 Å². The lowest BCUT2D eigenvalue weighted by Gasteiger charge is -2.27.